The highest BCUT2D eigenvalue weighted by Gasteiger charge is 2.25. The standard InChI is InChI=1S/C19H32N4OS/c1-19(2,3)16-11-21-17(25-16)13-23-9-5-6-14(12-23)10-22-18(24)15-7-4-8-20-15/h11,14-15,20H,4-10,12-13H2,1-3H3,(H,22,24). The Morgan fingerprint density at radius 2 is 2.24 bits per heavy atom. The van der Waals surface area contributed by atoms with E-state index in [0.29, 0.717) is 5.92 Å². The van der Waals surface area contributed by atoms with E-state index in [9.17, 15) is 4.79 Å². The number of likely N-dealkylation sites (tertiary alicyclic amines) is 1. The molecular formula is C19H32N4OS. The number of thiazole rings is 1. The number of carbonyl (C=O) groups is 1. The molecule has 2 atom stereocenters. The summed E-state index contributed by atoms with van der Waals surface area (Å²) in [5.74, 6) is 0.741. The van der Waals surface area contributed by atoms with Crippen molar-refractivity contribution in [2.75, 3.05) is 26.2 Å². The third kappa shape index (κ3) is 5.25. The van der Waals surface area contributed by atoms with Crippen molar-refractivity contribution in [3.05, 3.63) is 16.1 Å². The van der Waals surface area contributed by atoms with E-state index in [-0.39, 0.29) is 17.4 Å². The van der Waals surface area contributed by atoms with Crippen LogP contribution in [0, 0.1) is 5.92 Å². The lowest BCUT2D eigenvalue weighted by Crippen LogP contribution is -2.45. The van der Waals surface area contributed by atoms with Crippen LogP contribution in [0.1, 0.15) is 56.3 Å². The fourth-order valence-electron chi connectivity index (χ4n) is 3.66. The van der Waals surface area contributed by atoms with E-state index < -0.39 is 0 Å². The predicted octanol–water partition coefficient (Wildman–Crippen LogP) is 2.52. The Labute approximate surface area is 155 Å². The molecule has 3 heterocycles. The van der Waals surface area contributed by atoms with E-state index in [4.69, 9.17) is 0 Å². The van der Waals surface area contributed by atoms with Gasteiger partial charge in [0.2, 0.25) is 5.91 Å². The SMILES string of the molecule is CC(C)(C)c1cnc(CN2CCCC(CNC(=O)C3CCCN3)C2)s1. The normalized spacial score (nSPS) is 25.2. The molecule has 5 nitrogen and oxygen atoms in total. The van der Waals surface area contributed by atoms with E-state index in [1.54, 1.807) is 0 Å². The monoisotopic (exact) mass is 364 g/mol. The molecule has 1 aromatic rings. The van der Waals surface area contributed by atoms with Gasteiger partial charge in [-0.3, -0.25) is 9.69 Å². The molecule has 6 heteroatoms. The van der Waals surface area contributed by atoms with Gasteiger partial charge in [0.05, 0.1) is 12.6 Å². The second-order valence-corrected chi connectivity index (χ2v) is 9.62. The molecule has 2 aliphatic heterocycles. The molecule has 0 aromatic carbocycles. The lowest BCUT2D eigenvalue weighted by Gasteiger charge is -2.32. The topological polar surface area (TPSA) is 57.3 Å². The Bertz CT molecular complexity index is 574. The Balaban J connectivity index is 1.46. The van der Waals surface area contributed by atoms with Gasteiger partial charge in [0.15, 0.2) is 0 Å². The number of rotatable bonds is 5. The minimum atomic E-state index is 0.0332. The summed E-state index contributed by atoms with van der Waals surface area (Å²) in [6.07, 6.45) is 6.54. The maximum absolute atomic E-state index is 12.2. The number of piperidine rings is 1. The summed E-state index contributed by atoms with van der Waals surface area (Å²) in [4.78, 5) is 20.6. The molecular weight excluding hydrogens is 332 g/mol. The smallest absolute Gasteiger partial charge is 0.237 e. The van der Waals surface area contributed by atoms with Crippen LogP contribution in [0.2, 0.25) is 0 Å². The summed E-state index contributed by atoms with van der Waals surface area (Å²) >= 11 is 1.84. The Morgan fingerprint density at radius 1 is 1.40 bits per heavy atom. The summed E-state index contributed by atoms with van der Waals surface area (Å²) in [5, 5.41) is 7.64. The van der Waals surface area contributed by atoms with Crippen LogP contribution < -0.4 is 10.6 Å². The minimum Gasteiger partial charge on any atom is -0.354 e. The van der Waals surface area contributed by atoms with Crippen LogP contribution >= 0.6 is 11.3 Å². The summed E-state index contributed by atoms with van der Waals surface area (Å²) < 4.78 is 0. The number of nitrogens with zero attached hydrogens (tertiary/aromatic N) is 2. The molecule has 0 aliphatic carbocycles. The van der Waals surface area contributed by atoms with Crippen molar-refractivity contribution in [2.45, 2.75) is 64.5 Å². The highest BCUT2D eigenvalue weighted by atomic mass is 32.1. The quantitative estimate of drug-likeness (QED) is 0.843. The zero-order valence-electron chi connectivity index (χ0n) is 15.8. The highest BCUT2D eigenvalue weighted by molar-refractivity contribution is 7.11. The van der Waals surface area contributed by atoms with Crippen LogP contribution in [0.15, 0.2) is 6.20 Å². The zero-order valence-corrected chi connectivity index (χ0v) is 16.6. The minimum absolute atomic E-state index is 0.0332. The van der Waals surface area contributed by atoms with Gasteiger partial charge < -0.3 is 10.6 Å². The van der Waals surface area contributed by atoms with Gasteiger partial charge in [-0.15, -0.1) is 11.3 Å². The molecule has 2 saturated heterocycles. The van der Waals surface area contributed by atoms with Crippen molar-refractivity contribution in [3.8, 4) is 0 Å². The van der Waals surface area contributed by atoms with Crippen LogP contribution in [0.5, 0.6) is 0 Å². The van der Waals surface area contributed by atoms with E-state index in [1.807, 2.05) is 17.5 Å². The summed E-state index contributed by atoms with van der Waals surface area (Å²) in [5.41, 5.74) is 0.179. The summed E-state index contributed by atoms with van der Waals surface area (Å²) in [6.45, 7) is 11.6. The van der Waals surface area contributed by atoms with Crippen LogP contribution in [0.3, 0.4) is 0 Å². The van der Waals surface area contributed by atoms with E-state index in [0.717, 1.165) is 45.6 Å². The van der Waals surface area contributed by atoms with Crippen LogP contribution in [0.4, 0.5) is 0 Å². The fourth-order valence-corrected chi connectivity index (χ4v) is 4.68. The summed E-state index contributed by atoms with van der Waals surface area (Å²) in [7, 11) is 0. The molecule has 2 fully saturated rings. The van der Waals surface area contributed by atoms with Gasteiger partial charge in [-0.2, -0.15) is 0 Å². The molecule has 0 spiro atoms. The Morgan fingerprint density at radius 3 is 2.92 bits per heavy atom. The van der Waals surface area contributed by atoms with Crippen LogP contribution in [-0.2, 0) is 16.8 Å². The molecule has 0 bridgehead atoms. The number of aromatic nitrogens is 1. The Kier molecular flexibility index (Phi) is 6.12. The lowest BCUT2D eigenvalue weighted by atomic mass is 9.96. The molecule has 0 radical (unpaired) electrons. The Hall–Kier alpha value is -0.980. The lowest BCUT2D eigenvalue weighted by molar-refractivity contribution is -0.123. The second-order valence-electron chi connectivity index (χ2n) is 8.51. The van der Waals surface area contributed by atoms with Gasteiger partial charge >= 0.3 is 0 Å². The number of nitrogens with one attached hydrogen (secondary N) is 2. The first-order valence-corrected chi connectivity index (χ1v) is 10.4. The largest absolute Gasteiger partial charge is 0.354 e. The molecule has 140 valence electrons. The predicted molar refractivity (Wildman–Crippen MR) is 103 cm³/mol. The highest BCUT2D eigenvalue weighted by Crippen LogP contribution is 2.29. The average molecular weight is 365 g/mol. The fraction of sp³-hybridized carbons (Fsp3) is 0.789. The van der Waals surface area contributed by atoms with Crippen molar-refractivity contribution < 1.29 is 4.79 Å². The van der Waals surface area contributed by atoms with Crippen molar-refractivity contribution in [1.29, 1.82) is 0 Å². The van der Waals surface area contributed by atoms with E-state index in [1.165, 1.54) is 22.7 Å². The maximum Gasteiger partial charge on any atom is 0.237 e. The molecule has 2 unspecified atom stereocenters. The first kappa shape index (κ1) is 18.8. The third-order valence-electron chi connectivity index (χ3n) is 5.20. The van der Waals surface area contributed by atoms with Gasteiger partial charge in [-0.1, -0.05) is 20.8 Å². The van der Waals surface area contributed by atoms with Crippen molar-refractivity contribution >= 4 is 17.2 Å². The maximum atomic E-state index is 12.2. The molecule has 1 amide bonds. The summed E-state index contributed by atoms with van der Waals surface area (Å²) in [6, 6.07) is 0.0332. The van der Waals surface area contributed by atoms with E-state index in [2.05, 4.69) is 41.3 Å². The molecule has 2 aliphatic rings. The van der Waals surface area contributed by atoms with Crippen molar-refractivity contribution in [1.82, 2.24) is 20.5 Å². The second kappa shape index (κ2) is 8.14. The van der Waals surface area contributed by atoms with Gasteiger partial charge in [0, 0.05) is 24.2 Å². The van der Waals surface area contributed by atoms with Crippen molar-refractivity contribution in [2.24, 2.45) is 5.92 Å². The third-order valence-corrected chi connectivity index (χ3v) is 6.60. The molecule has 3 rings (SSSR count). The van der Waals surface area contributed by atoms with Gasteiger partial charge in [0.1, 0.15) is 5.01 Å². The van der Waals surface area contributed by atoms with E-state index >= 15 is 0 Å². The first-order chi connectivity index (χ1) is 11.9. The first-order valence-electron chi connectivity index (χ1n) is 9.60. The number of hydrogen-bond donors (Lipinski definition) is 2. The average Bonchev–Trinajstić information content (AvgIpc) is 3.24. The zero-order chi connectivity index (χ0) is 17.9. The molecule has 1 aromatic heterocycles. The van der Waals surface area contributed by atoms with Crippen molar-refractivity contribution in [3.63, 3.8) is 0 Å². The van der Waals surface area contributed by atoms with Gasteiger partial charge in [-0.05, 0) is 50.1 Å². The van der Waals surface area contributed by atoms with Crippen LogP contribution in [0.25, 0.3) is 0 Å². The van der Waals surface area contributed by atoms with Gasteiger partial charge in [-0.25, -0.2) is 4.98 Å². The number of amides is 1. The molecule has 0 saturated carbocycles. The molecule has 2 N–H and O–H groups in total. The number of hydrogen-bond acceptors (Lipinski definition) is 5. The van der Waals surface area contributed by atoms with Gasteiger partial charge in [0.25, 0.3) is 0 Å². The number of carbonyl (C=O) groups excluding carboxylic acids is 1. The van der Waals surface area contributed by atoms with Crippen LogP contribution in [-0.4, -0.2) is 48.0 Å². The molecule has 25 heavy (non-hydrogen) atoms.